The van der Waals surface area contributed by atoms with Gasteiger partial charge < -0.3 is 20.5 Å². The van der Waals surface area contributed by atoms with Crippen LogP contribution >= 0.6 is 27.5 Å². The van der Waals surface area contributed by atoms with Crippen LogP contribution in [0.25, 0.3) is 0 Å². The largest absolute Gasteiger partial charge is 0.431 e. The lowest BCUT2D eigenvalue weighted by atomic mass is 10.3. The molecule has 1 rings (SSSR count). The molecule has 0 saturated heterocycles. The van der Waals surface area contributed by atoms with E-state index in [1.807, 2.05) is 0 Å². The van der Waals surface area contributed by atoms with Crippen LogP contribution in [0.4, 0.5) is 19.3 Å². The number of halogens is 4. The average molecular weight is 374 g/mol. The molecule has 3 N–H and O–H groups in total. The van der Waals surface area contributed by atoms with Gasteiger partial charge in [-0.1, -0.05) is 11.6 Å². The smallest absolute Gasteiger partial charge is 0.387 e. The van der Waals surface area contributed by atoms with Crippen molar-refractivity contribution < 1.29 is 23.4 Å². The summed E-state index contributed by atoms with van der Waals surface area (Å²) in [4.78, 5) is 11.6. The van der Waals surface area contributed by atoms with Crippen molar-refractivity contribution in [1.82, 2.24) is 5.32 Å². The first kappa shape index (κ1) is 16.9. The maximum absolute atomic E-state index is 12.3. The summed E-state index contributed by atoms with van der Waals surface area (Å²) in [7, 11) is 0. The van der Waals surface area contributed by atoms with Gasteiger partial charge in [0.05, 0.1) is 22.8 Å². The van der Waals surface area contributed by atoms with E-state index in [4.69, 9.17) is 16.7 Å². The standard InChI is InChI=1S/C11H12BrClF2N2O3/c1-5(4-18)16-11(19)17-8-3-6(13)2-7(12)9(8)20-10(14)15/h2-3,5,10,18H,4H2,1H3,(H2,16,17,19)/t5-/m0/s1. The fraction of sp³-hybridized carbons (Fsp3) is 0.364. The van der Waals surface area contributed by atoms with Gasteiger partial charge in [0.2, 0.25) is 0 Å². The molecule has 1 atom stereocenters. The number of hydrogen-bond acceptors (Lipinski definition) is 3. The number of urea groups is 1. The molecular formula is C11H12BrClF2N2O3. The first-order valence-corrected chi connectivity index (χ1v) is 6.62. The van der Waals surface area contributed by atoms with E-state index in [0.29, 0.717) is 0 Å². The summed E-state index contributed by atoms with van der Waals surface area (Å²) in [6.07, 6.45) is 0. The van der Waals surface area contributed by atoms with Crippen molar-refractivity contribution in [2.24, 2.45) is 0 Å². The minimum Gasteiger partial charge on any atom is -0.431 e. The van der Waals surface area contributed by atoms with E-state index in [0.717, 1.165) is 0 Å². The monoisotopic (exact) mass is 372 g/mol. The van der Waals surface area contributed by atoms with Gasteiger partial charge in [0.1, 0.15) is 0 Å². The van der Waals surface area contributed by atoms with Gasteiger partial charge in [-0.25, -0.2) is 4.79 Å². The maximum Gasteiger partial charge on any atom is 0.387 e. The van der Waals surface area contributed by atoms with Gasteiger partial charge in [0.25, 0.3) is 0 Å². The first-order valence-electron chi connectivity index (χ1n) is 5.45. The predicted molar refractivity (Wildman–Crippen MR) is 74.5 cm³/mol. The molecule has 0 saturated carbocycles. The third kappa shape index (κ3) is 5.10. The van der Waals surface area contributed by atoms with E-state index >= 15 is 0 Å². The van der Waals surface area contributed by atoms with Crippen molar-refractivity contribution >= 4 is 39.2 Å². The number of ether oxygens (including phenoxy) is 1. The van der Waals surface area contributed by atoms with Gasteiger partial charge in [-0.2, -0.15) is 8.78 Å². The number of aliphatic hydroxyl groups is 1. The lowest BCUT2D eigenvalue weighted by Gasteiger charge is -2.16. The van der Waals surface area contributed by atoms with E-state index in [9.17, 15) is 13.6 Å². The van der Waals surface area contributed by atoms with Crippen LogP contribution < -0.4 is 15.4 Å². The van der Waals surface area contributed by atoms with Crippen molar-refractivity contribution in [2.75, 3.05) is 11.9 Å². The minimum absolute atomic E-state index is 0.0210. The molecule has 0 aliphatic rings. The van der Waals surface area contributed by atoms with Crippen LogP contribution in [0.15, 0.2) is 16.6 Å². The van der Waals surface area contributed by atoms with Crippen LogP contribution in [0.3, 0.4) is 0 Å². The molecule has 1 aromatic rings. The summed E-state index contributed by atoms with van der Waals surface area (Å²) >= 11 is 8.82. The fourth-order valence-electron chi connectivity index (χ4n) is 1.29. The topological polar surface area (TPSA) is 70.6 Å². The molecule has 2 amide bonds. The molecule has 0 aromatic heterocycles. The van der Waals surface area contributed by atoms with Crippen molar-refractivity contribution in [3.05, 3.63) is 21.6 Å². The number of rotatable bonds is 5. The average Bonchev–Trinajstić information content (AvgIpc) is 2.32. The minimum atomic E-state index is -3.05. The highest BCUT2D eigenvalue weighted by molar-refractivity contribution is 9.10. The highest BCUT2D eigenvalue weighted by Crippen LogP contribution is 2.37. The molecule has 0 heterocycles. The van der Waals surface area contributed by atoms with E-state index in [2.05, 4.69) is 31.3 Å². The van der Waals surface area contributed by atoms with Gasteiger partial charge in [-0.3, -0.25) is 0 Å². The Morgan fingerprint density at radius 3 is 2.75 bits per heavy atom. The number of hydrogen-bond donors (Lipinski definition) is 3. The molecule has 112 valence electrons. The molecule has 0 aliphatic carbocycles. The number of amides is 2. The lowest BCUT2D eigenvalue weighted by molar-refractivity contribution is -0.0498. The third-order valence-corrected chi connectivity index (χ3v) is 2.92. The summed E-state index contributed by atoms with van der Waals surface area (Å²) in [5.41, 5.74) is -0.0210. The number of nitrogens with one attached hydrogen (secondary N) is 2. The summed E-state index contributed by atoms with van der Waals surface area (Å²) in [6.45, 7) is -1.73. The molecule has 0 spiro atoms. The van der Waals surface area contributed by atoms with Crippen LogP contribution in [0.2, 0.25) is 5.02 Å². The second-order valence-corrected chi connectivity index (χ2v) is 5.12. The highest BCUT2D eigenvalue weighted by atomic mass is 79.9. The van der Waals surface area contributed by atoms with Crippen molar-refractivity contribution in [3.63, 3.8) is 0 Å². The third-order valence-electron chi connectivity index (χ3n) is 2.11. The zero-order valence-electron chi connectivity index (χ0n) is 10.3. The summed E-state index contributed by atoms with van der Waals surface area (Å²) < 4.78 is 29.2. The second-order valence-electron chi connectivity index (χ2n) is 3.82. The van der Waals surface area contributed by atoms with Crippen molar-refractivity contribution in [1.29, 1.82) is 0 Å². The van der Waals surface area contributed by atoms with Crippen molar-refractivity contribution in [3.8, 4) is 5.75 Å². The van der Waals surface area contributed by atoms with Gasteiger partial charge in [-0.15, -0.1) is 0 Å². The molecule has 20 heavy (non-hydrogen) atoms. The Bertz CT molecular complexity index is 491. The molecule has 5 nitrogen and oxygen atoms in total. The van der Waals surface area contributed by atoms with Gasteiger partial charge in [0.15, 0.2) is 5.75 Å². The SMILES string of the molecule is C[C@@H](CO)NC(=O)Nc1cc(Cl)cc(Br)c1OC(F)F. The Morgan fingerprint density at radius 2 is 2.20 bits per heavy atom. The molecule has 0 radical (unpaired) electrons. The molecule has 0 unspecified atom stereocenters. The summed E-state index contributed by atoms with van der Waals surface area (Å²) in [6, 6.07) is 1.46. The van der Waals surface area contributed by atoms with Crippen molar-refractivity contribution in [2.45, 2.75) is 19.6 Å². The van der Waals surface area contributed by atoms with Crippen LogP contribution in [0, 0.1) is 0 Å². The van der Waals surface area contributed by atoms with Crippen LogP contribution in [-0.4, -0.2) is 30.4 Å². The van der Waals surface area contributed by atoms with E-state index < -0.39 is 18.7 Å². The van der Waals surface area contributed by atoms with Crippen LogP contribution in [-0.2, 0) is 0 Å². The van der Waals surface area contributed by atoms with Crippen LogP contribution in [0.5, 0.6) is 5.75 Å². The molecule has 0 bridgehead atoms. The van der Waals surface area contributed by atoms with Gasteiger partial charge in [0, 0.05) is 5.02 Å². The zero-order valence-corrected chi connectivity index (χ0v) is 12.6. The Kier molecular flexibility index (Phi) is 6.44. The first-order chi connectivity index (χ1) is 9.33. The molecule has 0 fully saturated rings. The number of benzene rings is 1. The predicted octanol–water partition coefficient (Wildman–Crippen LogP) is 3.21. The fourth-order valence-corrected chi connectivity index (χ4v) is 2.19. The molecule has 1 aromatic carbocycles. The molecule has 9 heteroatoms. The normalized spacial score (nSPS) is 12.2. The number of carbonyl (C=O) groups excluding carboxylic acids is 1. The number of aliphatic hydroxyl groups excluding tert-OH is 1. The van der Waals surface area contributed by atoms with E-state index in [1.165, 1.54) is 12.1 Å². The Morgan fingerprint density at radius 1 is 1.55 bits per heavy atom. The van der Waals surface area contributed by atoms with E-state index in [1.54, 1.807) is 6.92 Å². The summed E-state index contributed by atoms with van der Waals surface area (Å²) in [5, 5.41) is 13.8. The quantitative estimate of drug-likeness (QED) is 0.742. The molecule has 0 aliphatic heterocycles. The van der Waals surface area contributed by atoms with Gasteiger partial charge >= 0.3 is 12.6 Å². The second kappa shape index (κ2) is 7.61. The van der Waals surface area contributed by atoms with Gasteiger partial charge in [-0.05, 0) is 35.0 Å². The Hall–Kier alpha value is -1.12. The Balaban J connectivity index is 2.95. The van der Waals surface area contributed by atoms with Crippen LogP contribution in [0.1, 0.15) is 6.92 Å². The number of anilines is 1. The summed E-state index contributed by atoms with van der Waals surface area (Å²) in [5.74, 6) is -0.240. The zero-order chi connectivity index (χ0) is 15.3. The van der Waals surface area contributed by atoms with E-state index in [-0.39, 0.29) is 27.5 Å². The molecular weight excluding hydrogens is 361 g/mol. The lowest BCUT2D eigenvalue weighted by Crippen LogP contribution is -2.38. The number of alkyl halides is 2. The Labute approximate surface area is 127 Å². The highest BCUT2D eigenvalue weighted by Gasteiger charge is 2.17. The number of carbonyl (C=O) groups is 1. The maximum atomic E-state index is 12.3.